The second-order valence-electron chi connectivity index (χ2n) is 23.4. The minimum Gasteiger partial charge on any atom is -0.462 e. The number of aliphatic hydroxyl groups is 1. The van der Waals surface area contributed by atoms with Crippen molar-refractivity contribution < 1.29 is 80.2 Å². The van der Waals surface area contributed by atoms with Gasteiger partial charge in [0.05, 0.1) is 32.8 Å². The maximum Gasteiger partial charge on any atom is 0.472 e. The van der Waals surface area contributed by atoms with E-state index in [1.54, 1.807) is 6.08 Å². The number of unbranched alkanes of at least 4 members (excludes halogenated alkanes) is 13. The summed E-state index contributed by atoms with van der Waals surface area (Å²) in [5, 5.41) is 10.6. The standard InChI is InChI=1S/C79H126O17P2/c1-5-9-13-17-21-25-29-32-35-36-39-41-45-48-52-56-60-64-77(82)90-70-75(96-79(84)66-62-58-54-50-46-42-38-34-31-27-23-19-15-11-7-3)72-94-98(87,88)92-68-73(80)67-91-97(85,86)93-71-74(95-78(83)65-61-57-53-49-43-28-24-20-16-12-8-4)69-89-76(81)63-59-55-51-47-44-40-37-33-30-26-22-18-14-10-6-2/h9-11,13-15,21-23,25-27,32-35,37-39,41,44,46-48,50,52,55,59,73-75,80H,5-8,12,16-20,24,28-31,36,40,42-43,45,49,51,53-54,56-58,60-72H2,1-4H3,(H,85,86)(H,87,88)/b13-9-,14-10-,15-11-,25-21-,26-22-,27-23-,35-32-,37-33-,38-34-,41-39-,47-44-,50-46-,52-48-,59-55-. The maximum atomic E-state index is 13.1. The van der Waals surface area contributed by atoms with Crippen LogP contribution in [0.1, 0.15) is 246 Å². The minimum atomic E-state index is -5.01. The zero-order chi connectivity index (χ0) is 71.8. The highest BCUT2D eigenvalue weighted by Crippen LogP contribution is 2.45. The monoisotopic (exact) mass is 1410 g/mol. The van der Waals surface area contributed by atoms with Gasteiger partial charge in [-0.1, -0.05) is 262 Å². The van der Waals surface area contributed by atoms with Gasteiger partial charge in [-0.25, -0.2) is 9.13 Å². The normalized spacial score (nSPS) is 15.0. The molecule has 5 unspecified atom stereocenters. The number of aliphatic hydroxyl groups excluding tert-OH is 1. The molecule has 0 aromatic carbocycles. The molecule has 0 aromatic heterocycles. The molecule has 0 aliphatic heterocycles. The van der Waals surface area contributed by atoms with Gasteiger partial charge in [0.15, 0.2) is 12.2 Å². The van der Waals surface area contributed by atoms with Crippen LogP contribution >= 0.6 is 15.6 Å². The number of carbonyl (C=O) groups is 4. The molecule has 5 atom stereocenters. The van der Waals surface area contributed by atoms with E-state index in [0.717, 1.165) is 116 Å². The molecule has 0 radical (unpaired) electrons. The first kappa shape index (κ1) is 92.4. The molecule has 0 amide bonds. The third-order valence-electron chi connectivity index (χ3n) is 14.2. The number of phosphoric acid groups is 2. The largest absolute Gasteiger partial charge is 0.472 e. The van der Waals surface area contributed by atoms with Gasteiger partial charge in [-0.15, -0.1) is 0 Å². The molecule has 17 nitrogen and oxygen atoms in total. The summed E-state index contributed by atoms with van der Waals surface area (Å²) in [5.41, 5.74) is 0. The van der Waals surface area contributed by atoms with Gasteiger partial charge in [0.1, 0.15) is 19.3 Å². The van der Waals surface area contributed by atoms with Gasteiger partial charge in [0.25, 0.3) is 0 Å². The minimum absolute atomic E-state index is 0.0221. The van der Waals surface area contributed by atoms with Crippen LogP contribution in [-0.4, -0.2) is 96.7 Å². The van der Waals surface area contributed by atoms with Crippen LogP contribution in [0.3, 0.4) is 0 Å². The van der Waals surface area contributed by atoms with Gasteiger partial charge in [-0.3, -0.25) is 37.3 Å². The fourth-order valence-electron chi connectivity index (χ4n) is 8.79. The predicted molar refractivity (Wildman–Crippen MR) is 399 cm³/mol. The number of ether oxygens (including phenoxy) is 4. The van der Waals surface area contributed by atoms with E-state index in [2.05, 4.69) is 155 Å². The van der Waals surface area contributed by atoms with E-state index in [9.17, 15) is 43.2 Å². The summed E-state index contributed by atoms with van der Waals surface area (Å²) >= 11 is 0. The van der Waals surface area contributed by atoms with Gasteiger partial charge in [-0.05, 0) is 128 Å². The van der Waals surface area contributed by atoms with Crippen molar-refractivity contribution >= 4 is 39.5 Å². The second-order valence-corrected chi connectivity index (χ2v) is 26.3. The molecule has 0 spiro atoms. The number of hydrogen-bond acceptors (Lipinski definition) is 15. The van der Waals surface area contributed by atoms with Crippen molar-refractivity contribution in [1.29, 1.82) is 0 Å². The number of hydrogen-bond donors (Lipinski definition) is 3. The van der Waals surface area contributed by atoms with Crippen molar-refractivity contribution in [2.75, 3.05) is 39.6 Å². The van der Waals surface area contributed by atoms with Crippen LogP contribution in [0, 0.1) is 0 Å². The molecule has 0 bridgehead atoms. The molecular formula is C79H126O17P2. The lowest BCUT2D eigenvalue weighted by Crippen LogP contribution is -2.30. The van der Waals surface area contributed by atoms with E-state index < -0.39 is 97.5 Å². The number of rotatable bonds is 66. The van der Waals surface area contributed by atoms with Gasteiger partial charge >= 0.3 is 39.5 Å². The van der Waals surface area contributed by atoms with E-state index >= 15 is 0 Å². The first-order valence-corrected chi connectivity index (χ1v) is 39.4. The van der Waals surface area contributed by atoms with E-state index in [1.165, 1.54) is 38.5 Å². The number of allylic oxidation sites excluding steroid dienone is 27. The first-order valence-electron chi connectivity index (χ1n) is 36.4. The van der Waals surface area contributed by atoms with Gasteiger partial charge in [-0.2, -0.15) is 0 Å². The first-order chi connectivity index (χ1) is 47.7. The SMILES string of the molecule is CC/C=C\C/C=C\C/C=C\C/C=C\C/C=C\CCCC(=O)OCC(COP(=O)(O)OCC(O)COP(=O)(O)OCC(COC(=O)C/C=C\C/C=C\C/C=C\C/C=C\C/C=C\CC)OC(=O)CCCCCCCCCCCCC)OC(=O)CCCC/C=C\C/C=C\C/C=C\C/C=C\CC. The van der Waals surface area contributed by atoms with Crippen molar-refractivity contribution in [3.05, 3.63) is 170 Å². The Morgan fingerprint density at radius 1 is 0.306 bits per heavy atom. The Balaban J connectivity index is 5.50. The lowest BCUT2D eigenvalue weighted by atomic mass is 10.1. The topological polar surface area (TPSA) is 237 Å². The van der Waals surface area contributed by atoms with Gasteiger partial charge in [0.2, 0.25) is 0 Å². The molecule has 98 heavy (non-hydrogen) atoms. The summed E-state index contributed by atoms with van der Waals surface area (Å²) in [6.45, 7) is 4.24. The Morgan fingerprint density at radius 2 is 0.582 bits per heavy atom. The zero-order valence-corrected chi connectivity index (χ0v) is 61.9. The molecule has 0 fully saturated rings. The average molecular weight is 1410 g/mol. The van der Waals surface area contributed by atoms with Crippen molar-refractivity contribution in [3.8, 4) is 0 Å². The van der Waals surface area contributed by atoms with Crippen LogP contribution in [-0.2, 0) is 65.4 Å². The zero-order valence-electron chi connectivity index (χ0n) is 60.1. The molecule has 3 N–H and O–H groups in total. The van der Waals surface area contributed by atoms with Crippen LogP contribution in [0.25, 0.3) is 0 Å². The summed E-state index contributed by atoms with van der Waals surface area (Å²) < 4.78 is 68.1. The Kier molecular flexibility index (Phi) is 65.9. The number of carbonyl (C=O) groups excluding carboxylic acids is 4. The molecule has 0 saturated carbocycles. The lowest BCUT2D eigenvalue weighted by Gasteiger charge is -2.21. The fraction of sp³-hybridized carbons (Fsp3) is 0.595. The van der Waals surface area contributed by atoms with Gasteiger partial charge in [0, 0.05) is 19.3 Å². The number of phosphoric ester groups is 2. The smallest absolute Gasteiger partial charge is 0.462 e. The van der Waals surface area contributed by atoms with Crippen LogP contribution in [0.4, 0.5) is 0 Å². The predicted octanol–water partition coefficient (Wildman–Crippen LogP) is 20.7. The van der Waals surface area contributed by atoms with Crippen molar-refractivity contribution in [3.63, 3.8) is 0 Å². The molecule has 0 saturated heterocycles. The third-order valence-corrected chi connectivity index (χ3v) is 16.1. The van der Waals surface area contributed by atoms with Gasteiger partial charge < -0.3 is 33.8 Å². The number of esters is 4. The van der Waals surface area contributed by atoms with E-state index in [0.29, 0.717) is 38.5 Å². The van der Waals surface area contributed by atoms with E-state index in [4.69, 9.17) is 37.0 Å². The summed E-state index contributed by atoms with van der Waals surface area (Å²) in [5.74, 6) is -2.46. The molecule has 0 aliphatic carbocycles. The highest BCUT2D eigenvalue weighted by atomic mass is 31.2. The molecule has 0 aromatic rings. The van der Waals surface area contributed by atoms with Crippen LogP contribution < -0.4 is 0 Å². The molecule has 19 heteroatoms. The lowest BCUT2D eigenvalue weighted by molar-refractivity contribution is -0.161. The third kappa shape index (κ3) is 68.9. The quantitative estimate of drug-likeness (QED) is 0.0169. The van der Waals surface area contributed by atoms with E-state index in [-0.39, 0.29) is 25.7 Å². The molecule has 0 heterocycles. The van der Waals surface area contributed by atoms with Crippen LogP contribution in [0.2, 0.25) is 0 Å². The van der Waals surface area contributed by atoms with Crippen molar-refractivity contribution in [1.82, 2.24) is 0 Å². The van der Waals surface area contributed by atoms with Crippen molar-refractivity contribution in [2.24, 2.45) is 0 Å². The highest BCUT2D eigenvalue weighted by Gasteiger charge is 2.30. The van der Waals surface area contributed by atoms with E-state index in [1.807, 2.05) is 36.5 Å². The summed E-state index contributed by atoms with van der Waals surface area (Å²) in [6, 6.07) is 0. The Morgan fingerprint density at radius 3 is 0.939 bits per heavy atom. The van der Waals surface area contributed by atoms with Crippen LogP contribution in [0.5, 0.6) is 0 Å². The molecule has 554 valence electrons. The second kappa shape index (κ2) is 69.9. The van der Waals surface area contributed by atoms with Crippen molar-refractivity contribution in [2.45, 2.75) is 264 Å². The molecule has 0 aliphatic rings. The van der Waals surface area contributed by atoms with Crippen LogP contribution in [0.15, 0.2) is 170 Å². The highest BCUT2D eigenvalue weighted by molar-refractivity contribution is 7.47. The summed E-state index contributed by atoms with van der Waals surface area (Å²) in [6.07, 6.45) is 81.2. The Labute approximate surface area is 591 Å². The Bertz CT molecular complexity index is 2530. The fourth-order valence-corrected chi connectivity index (χ4v) is 10.4. The summed E-state index contributed by atoms with van der Waals surface area (Å²) in [7, 11) is -10.0. The maximum absolute atomic E-state index is 13.1. The Hall–Kier alpha value is -5.58. The molecule has 0 rings (SSSR count). The molecular weight excluding hydrogens is 1280 g/mol. The summed E-state index contributed by atoms with van der Waals surface area (Å²) in [4.78, 5) is 72.6. The average Bonchev–Trinajstić information content (AvgIpc) is 0.986.